The predicted octanol–water partition coefficient (Wildman–Crippen LogP) is 3.24. The van der Waals surface area contributed by atoms with Crippen molar-refractivity contribution in [1.29, 1.82) is 0 Å². The van der Waals surface area contributed by atoms with E-state index in [1.54, 1.807) is 0 Å². The fourth-order valence-corrected chi connectivity index (χ4v) is 2.53. The van der Waals surface area contributed by atoms with Gasteiger partial charge in [0.05, 0.1) is 15.6 Å². The zero-order valence-electron chi connectivity index (χ0n) is 28.6. The van der Waals surface area contributed by atoms with Crippen molar-refractivity contribution in [3.8, 4) is 11.5 Å². The SMILES string of the molecule is [2H]C12CC(=O)C(C([2H])([2H])C([2H])(C([2H])([2H])[2H])C([2H])([2H])[2H])C([2H])([2H])N1C([2H])([2H])C([2H])([2H])c1cc(OC)c(OC)cc12. The number of ketones is 1. The van der Waals surface area contributed by atoms with E-state index in [0.717, 1.165) is 12.1 Å². The van der Waals surface area contributed by atoms with Crippen LogP contribution in [0.4, 0.5) is 0 Å². The van der Waals surface area contributed by atoms with Crippen LogP contribution in [-0.4, -0.2) is 37.9 Å². The van der Waals surface area contributed by atoms with E-state index in [4.69, 9.17) is 31.4 Å². The van der Waals surface area contributed by atoms with Crippen LogP contribution < -0.4 is 9.47 Å². The lowest BCUT2D eigenvalue weighted by Gasteiger charge is -2.43. The van der Waals surface area contributed by atoms with Gasteiger partial charge in [-0.25, -0.2) is 0 Å². The van der Waals surface area contributed by atoms with Crippen LogP contribution in [0.15, 0.2) is 12.1 Å². The van der Waals surface area contributed by atoms with Gasteiger partial charge in [-0.15, -0.1) is 0 Å². The van der Waals surface area contributed by atoms with Gasteiger partial charge in [-0.1, -0.05) is 13.7 Å². The minimum absolute atomic E-state index is 0.00932. The third-order valence-corrected chi connectivity index (χ3v) is 3.62. The summed E-state index contributed by atoms with van der Waals surface area (Å²) in [5, 5.41) is 0. The van der Waals surface area contributed by atoms with Gasteiger partial charge in [-0.05, 0) is 41.9 Å². The molecule has 2 unspecified atom stereocenters. The van der Waals surface area contributed by atoms with E-state index in [9.17, 15) is 4.79 Å². The fourth-order valence-electron chi connectivity index (χ4n) is 2.53. The highest BCUT2D eigenvalue weighted by atomic mass is 16.5. The molecule has 4 nitrogen and oxygen atoms in total. The van der Waals surface area contributed by atoms with Gasteiger partial charge in [0.2, 0.25) is 0 Å². The Morgan fingerprint density at radius 3 is 2.91 bits per heavy atom. The smallest absolute Gasteiger partial charge is 0.161 e. The third kappa shape index (κ3) is 3.09. The van der Waals surface area contributed by atoms with E-state index in [-0.39, 0.29) is 16.4 Å². The van der Waals surface area contributed by atoms with E-state index >= 15 is 0 Å². The number of ether oxygens (including phenoxy) is 2. The van der Waals surface area contributed by atoms with Crippen molar-refractivity contribution < 1.29 is 36.2 Å². The van der Waals surface area contributed by atoms with Crippen LogP contribution >= 0.6 is 0 Å². The number of aryl methyl sites for hydroxylation is 1. The molecule has 0 aromatic heterocycles. The third-order valence-electron chi connectivity index (χ3n) is 3.62. The minimum Gasteiger partial charge on any atom is -0.493 e. The molecular weight excluding hydrogens is 290 g/mol. The molecule has 126 valence electrons. The van der Waals surface area contributed by atoms with Gasteiger partial charge in [0, 0.05) is 51.9 Å². The average Bonchev–Trinajstić information content (AvgIpc) is 2.73. The zero-order chi connectivity index (χ0) is 30.6. The molecule has 1 fully saturated rings. The fraction of sp³-hybridized carbons (Fsp3) is 0.632. The number of piperidine rings is 1. The molecule has 23 heavy (non-hydrogen) atoms. The summed E-state index contributed by atoms with van der Waals surface area (Å²) < 4.78 is 143. The van der Waals surface area contributed by atoms with Gasteiger partial charge in [-0.3, -0.25) is 9.69 Å². The Bertz CT molecular complexity index is 1160. The molecule has 4 heteroatoms. The molecule has 0 N–H and O–H groups in total. The normalized spacial score (nSPS) is 46.5. The lowest BCUT2D eigenvalue weighted by Crippen LogP contribution is -2.46. The average molecular weight is 334 g/mol. The summed E-state index contributed by atoms with van der Waals surface area (Å²) in [5.74, 6) is -8.60. The van der Waals surface area contributed by atoms with Gasteiger partial charge in [0.15, 0.2) is 11.5 Å². The van der Waals surface area contributed by atoms with Crippen molar-refractivity contribution in [2.45, 2.75) is 38.9 Å². The van der Waals surface area contributed by atoms with Gasteiger partial charge >= 0.3 is 0 Å². The minimum atomic E-state index is -4.07. The second-order valence-corrected chi connectivity index (χ2v) is 5.00. The highest BCUT2D eigenvalue weighted by molar-refractivity contribution is 5.83. The highest BCUT2D eigenvalue weighted by Gasteiger charge is 2.38. The number of benzene rings is 1. The van der Waals surface area contributed by atoms with E-state index in [1.807, 2.05) is 0 Å². The molecule has 0 radical (unpaired) electrons. The Morgan fingerprint density at radius 2 is 2.22 bits per heavy atom. The number of fused-ring (bicyclic) bond motifs is 3. The summed E-state index contributed by atoms with van der Waals surface area (Å²) in [6, 6.07) is -0.621. The second kappa shape index (κ2) is 6.52. The van der Waals surface area contributed by atoms with Crippen molar-refractivity contribution in [2.24, 2.45) is 11.8 Å². The van der Waals surface area contributed by atoms with E-state index in [0.29, 0.717) is 0 Å². The number of Topliss-reactive ketones (excluding diaryl/α,β-unsaturated/α-hetero) is 1. The zero-order valence-corrected chi connectivity index (χ0v) is 12.6. The first kappa shape index (κ1) is 5.76. The summed E-state index contributed by atoms with van der Waals surface area (Å²) in [6.07, 6.45) is -8.33. The molecule has 2 atom stereocenters. The highest BCUT2D eigenvalue weighted by Crippen LogP contribution is 2.42. The molecule has 0 bridgehead atoms. The Kier molecular flexibility index (Phi) is 1.63. The van der Waals surface area contributed by atoms with Crippen LogP contribution in [0.25, 0.3) is 0 Å². The summed E-state index contributed by atoms with van der Waals surface area (Å²) in [4.78, 5) is 13.5. The predicted molar refractivity (Wildman–Crippen MR) is 90.1 cm³/mol. The molecule has 1 saturated heterocycles. The topological polar surface area (TPSA) is 38.8 Å². The van der Waals surface area contributed by atoms with Crippen LogP contribution in [0.5, 0.6) is 11.5 Å². The molecule has 0 amide bonds. The number of hydrogen-bond acceptors (Lipinski definition) is 4. The molecule has 0 saturated carbocycles. The van der Waals surface area contributed by atoms with Crippen LogP contribution in [0.1, 0.15) is 65.6 Å². The summed E-state index contributed by atoms with van der Waals surface area (Å²) in [5.41, 5.74) is -0.874. The molecular formula is C19H27NO3. The lowest BCUT2D eigenvalue weighted by atomic mass is 9.80. The standard InChI is InChI=1S/C19H27NO3/c1-12(2)7-14-11-20-6-5-13-8-18(22-3)19(23-4)9-15(13)16(20)10-17(14)21/h8-9,12,14,16H,5-7,10-11H2,1-4H3/i1D3,2D3,5D2,6D2,7D2,11D2,12D,16D. The number of carbonyl (C=O) groups is 1. The van der Waals surface area contributed by atoms with Crippen molar-refractivity contribution in [3.63, 3.8) is 0 Å². The van der Waals surface area contributed by atoms with E-state index in [2.05, 4.69) is 0 Å². The Labute approximate surface area is 161 Å². The van der Waals surface area contributed by atoms with Crippen molar-refractivity contribution in [2.75, 3.05) is 27.2 Å². The summed E-state index contributed by atoms with van der Waals surface area (Å²) in [6.45, 7) is -15.0. The second-order valence-electron chi connectivity index (χ2n) is 5.00. The number of methoxy groups -OCH3 is 2. The number of rotatable bonds is 4. The van der Waals surface area contributed by atoms with Gasteiger partial charge in [-0.2, -0.15) is 0 Å². The molecule has 0 spiro atoms. The van der Waals surface area contributed by atoms with Crippen molar-refractivity contribution in [1.82, 2.24) is 4.90 Å². The van der Waals surface area contributed by atoms with Crippen LogP contribution in [0, 0.1) is 11.8 Å². The number of carbonyl (C=O) groups excluding carboxylic acids is 1. The van der Waals surface area contributed by atoms with Crippen molar-refractivity contribution in [3.05, 3.63) is 23.3 Å². The Balaban J connectivity index is 2.40. The molecule has 0 aliphatic carbocycles. The van der Waals surface area contributed by atoms with Crippen molar-refractivity contribution >= 4 is 5.78 Å². The van der Waals surface area contributed by atoms with Crippen LogP contribution in [0.2, 0.25) is 0 Å². The Morgan fingerprint density at radius 1 is 1.48 bits per heavy atom. The first-order valence-corrected chi connectivity index (χ1v) is 6.83. The first-order chi connectivity index (χ1) is 17.2. The molecule has 2 aliphatic rings. The largest absolute Gasteiger partial charge is 0.493 e. The quantitative estimate of drug-likeness (QED) is 0.848. The monoisotopic (exact) mass is 333 g/mol. The van der Waals surface area contributed by atoms with Crippen LogP contribution in [-0.2, 0) is 11.2 Å². The maximum absolute atomic E-state index is 13.5. The van der Waals surface area contributed by atoms with Gasteiger partial charge < -0.3 is 9.47 Å². The summed E-state index contributed by atoms with van der Waals surface area (Å²) in [7, 11) is 2.43. The van der Waals surface area contributed by atoms with E-state index in [1.165, 1.54) is 14.2 Å². The van der Waals surface area contributed by atoms with Crippen LogP contribution in [0.3, 0.4) is 0 Å². The van der Waals surface area contributed by atoms with E-state index < -0.39 is 80.6 Å². The molecule has 1 aromatic carbocycles. The number of hydrogen-bond donors (Lipinski definition) is 0. The maximum Gasteiger partial charge on any atom is 0.161 e. The molecule has 1 aromatic rings. The van der Waals surface area contributed by atoms with Gasteiger partial charge in [0.1, 0.15) is 5.78 Å². The lowest BCUT2D eigenvalue weighted by molar-refractivity contribution is -0.129. The first-order valence-electron chi connectivity index (χ1n) is 14.8. The molecule has 2 aliphatic heterocycles. The number of nitrogens with zero attached hydrogens (tertiary/aromatic N) is 1. The molecule has 3 rings (SSSR count). The van der Waals surface area contributed by atoms with Gasteiger partial charge in [0.25, 0.3) is 0 Å². The maximum atomic E-state index is 13.5. The summed E-state index contributed by atoms with van der Waals surface area (Å²) >= 11 is 0. The molecule has 2 heterocycles. The Hall–Kier alpha value is -1.55.